The summed E-state index contributed by atoms with van der Waals surface area (Å²) < 4.78 is 0. The topological polar surface area (TPSA) is 34.1 Å². The molecule has 0 amide bonds. The zero-order chi connectivity index (χ0) is 15.3. The van der Waals surface area contributed by atoms with Crippen LogP contribution in [0.4, 0.5) is 0 Å². The van der Waals surface area contributed by atoms with Crippen molar-refractivity contribution in [2.24, 2.45) is 10.8 Å². The van der Waals surface area contributed by atoms with Crippen LogP contribution in [0.3, 0.4) is 0 Å². The minimum atomic E-state index is -0.437. The molecule has 2 aliphatic rings. The number of hydrogen-bond donors (Lipinski definition) is 0. The molecule has 0 saturated carbocycles. The lowest BCUT2D eigenvalue weighted by Crippen LogP contribution is -2.39. The molecule has 1 aromatic rings. The van der Waals surface area contributed by atoms with Gasteiger partial charge in [-0.3, -0.25) is 9.59 Å². The summed E-state index contributed by atoms with van der Waals surface area (Å²) in [6.07, 6.45) is 0. The summed E-state index contributed by atoms with van der Waals surface area (Å²) in [5.41, 5.74) is 1.08. The van der Waals surface area contributed by atoms with Gasteiger partial charge in [-0.25, -0.2) is 0 Å². The smallest absolute Gasteiger partial charge is 0.146 e. The van der Waals surface area contributed by atoms with Crippen LogP contribution in [0.1, 0.15) is 64.5 Å². The number of Topliss-reactive ketones (excluding diaryl/α,β-unsaturated/α-hetero) is 2. The van der Waals surface area contributed by atoms with Gasteiger partial charge in [0, 0.05) is 10.8 Å². The van der Waals surface area contributed by atoms with E-state index in [9.17, 15) is 9.59 Å². The van der Waals surface area contributed by atoms with E-state index < -0.39 is 10.8 Å². The molecule has 0 heterocycles. The highest BCUT2D eigenvalue weighted by atomic mass is 16.1. The second kappa shape index (κ2) is 4.54. The van der Waals surface area contributed by atoms with E-state index in [0.29, 0.717) is 0 Å². The summed E-state index contributed by atoms with van der Waals surface area (Å²) in [6, 6.07) is 7.93. The van der Waals surface area contributed by atoms with Gasteiger partial charge in [0.1, 0.15) is 11.6 Å². The Labute approximate surface area is 121 Å². The quantitative estimate of drug-likeness (QED) is 0.812. The van der Waals surface area contributed by atoms with Crippen LogP contribution in [0.2, 0.25) is 0 Å². The summed E-state index contributed by atoms with van der Waals surface area (Å²) in [5, 5.41) is 0. The third-order valence-electron chi connectivity index (χ3n) is 4.03. The average Bonchev–Trinajstić information content (AvgIpc) is 2.35. The molecule has 2 heteroatoms. The standard InChI is InChI=1S/C18H24O2/c1-17(2,3)15(19)13-11-7-9-12(10-8-11)14(13)16(20)18(4,5)6/h7-10,13-14H,1-6H3. The van der Waals surface area contributed by atoms with E-state index in [2.05, 4.69) is 0 Å². The molecule has 0 N–H and O–H groups in total. The summed E-state index contributed by atoms with van der Waals surface area (Å²) in [4.78, 5) is 25.6. The first kappa shape index (κ1) is 15.0. The Hall–Kier alpha value is -1.44. The van der Waals surface area contributed by atoms with Gasteiger partial charge in [0.15, 0.2) is 0 Å². The maximum Gasteiger partial charge on any atom is 0.146 e. The molecule has 0 radical (unpaired) electrons. The first-order chi connectivity index (χ1) is 9.03. The lowest BCUT2D eigenvalue weighted by Gasteiger charge is -2.37. The van der Waals surface area contributed by atoms with Crippen molar-refractivity contribution in [1.29, 1.82) is 0 Å². The summed E-state index contributed by atoms with van der Waals surface area (Å²) >= 11 is 0. The molecule has 2 unspecified atom stereocenters. The van der Waals surface area contributed by atoms with Crippen LogP contribution in [0, 0.1) is 10.8 Å². The second-order valence-corrected chi connectivity index (χ2v) is 7.85. The average molecular weight is 272 g/mol. The molecule has 108 valence electrons. The van der Waals surface area contributed by atoms with E-state index in [1.807, 2.05) is 65.8 Å². The van der Waals surface area contributed by atoms with Gasteiger partial charge in [0.25, 0.3) is 0 Å². The van der Waals surface area contributed by atoms with Gasteiger partial charge in [0.2, 0.25) is 0 Å². The number of hydrogen-bond acceptors (Lipinski definition) is 2. The highest BCUT2D eigenvalue weighted by molar-refractivity contribution is 6.01. The SMILES string of the molecule is CC(C)(C)C(=O)C1c2ccc(cc2)C1C(=O)C(C)(C)C. The fourth-order valence-electron chi connectivity index (χ4n) is 2.83. The summed E-state index contributed by atoms with van der Waals surface area (Å²) in [7, 11) is 0. The monoisotopic (exact) mass is 272 g/mol. The van der Waals surface area contributed by atoms with Gasteiger partial charge in [-0.2, -0.15) is 0 Å². The fraction of sp³-hybridized carbons (Fsp3) is 0.556. The molecule has 2 nitrogen and oxygen atoms in total. The zero-order valence-electron chi connectivity index (χ0n) is 13.3. The van der Waals surface area contributed by atoms with E-state index in [-0.39, 0.29) is 23.4 Å². The molecular formula is C18H24O2. The molecule has 3 rings (SSSR count). The highest BCUT2D eigenvalue weighted by Gasteiger charge is 2.45. The van der Waals surface area contributed by atoms with Crippen molar-refractivity contribution in [3.05, 3.63) is 35.4 Å². The Balaban J connectivity index is 2.50. The predicted octanol–water partition coefficient (Wildman–Crippen LogP) is 4.10. The molecule has 2 aliphatic carbocycles. The summed E-state index contributed by atoms with van der Waals surface area (Å²) in [6.45, 7) is 11.6. The van der Waals surface area contributed by atoms with Gasteiger partial charge >= 0.3 is 0 Å². The number of benzene rings is 1. The van der Waals surface area contributed by atoms with Crippen LogP contribution in [0.15, 0.2) is 24.3 Å². The lowest BCUT2D eigenvalue weighted by atomic mass is 9.64. The Bertz CT molecular complexity index is 487. The van der Waals surface area contributed by atoms with Crippen LogP contribution < -0.4 is 0 Å². The van der Waals surface area contributed by atoms with Gasteiger partial charge in [0.05, 0.1) is 11.8 Å². The number of carbonyl (C=O) groups excluding carboxylic acids is 2. The minimum Gasteiger partial charge on any atom is -0.298 e. The highest BCUT2D eigenvalue weighted by Crippen LogP contribution is 2.45. The zero-order valence-corrected chi connectivity index (χ0v) is 13.3. The van der Waals surface area contributed by atoms with E-state index in [4.69, 9.17) is 0 Å². The minimum absolute atomic E-state index is 0.154. The second-order valence-electron chi connectivity index (χ2n) is 7.85. The maximum atomic E-state index is 12.8. The molecule has 0 saturated heterocycles. The first-order valence-corrected chi connectivity index (χ1v) is 7.22. The molecule has 2 atom stereocenters. The third-order valence-corrected chi connectivity index (χ3v) is 4.03. The normalized spacial score (nSPS) is 21.9. The van der Waals surface area contributed by atoms with Crippen molar-refractivity contribution in [3.63, 3.8) is 0 Å². The molecule has 0 aliphatic heterocycles. The van der Waals surface area contributed by atoms with Gasteiger partial charge < -0.3 is 0 Å². The van der Waals surface area contributed by atoms with Gasteiger partial charge in [-0.15, -0.1) is 0 Å². The fourth-order valence-corrected chi connectivity index (χ4v) is 2.83. The number of rotatable bonds is 2. The van der Waals surface area contributed by atoms with Crippen molar-refractivity contribution in [2.45, 2.75) is 53.4 Å². The van der Waals surface area contributed by atoms with E-state index in [1.165, 1.54) is 0 Å². The van der Waals surface area contributed by atoms with Gasteiger partial charge in [-0.1, -0.05) is 65.8 Å². The number of ketones is 2. The Morgan fingerprint density at radius 2 is 0.950 bits per heavy atom. The molecule has 20 heavy (non-hydrogen) atoms. The Morgan fingerprint density at radius 1 is 0.700 bits per heavy atom. The molecule has 2 bridgehead atoms. The van der Waals surface area contributed by atoms with Crippen molar-refractivity contribution >= 4 is 11.6 Å². The van der Waals surface area contributed by atoms with Crippen LogP contribution in [-0.2, 0) is 9.59 Å². The number of carbonyl (C=O) groups is 2. The predicted molar refractivity (Wildman–Crippen MR) is 80.8 cm³/mol. The van der Waals surface area contributed by atoms with Crippen LogP contribution in [-0.4, -0.2) is 11.6 Å². The van der Waals surface area contributed by atoms with Gasteiger partial charge in [-0.05, 0) is 11.1 Å². The molecule has 0 aromatic heterocycles. The van der Waals surface area contributed by atoms with Crippen molar-refractivity contribution in [2.75, 3.05) is 0 Å². The van der Waals surface area contributed by atoms with Crippen molar-refractivity contribution < 1.29 is 9.59 Å². The van der Waals surface area contributed by atoms with Crippen LogP contribution in [0.25, 0.3) is 0 Å². The van der Waals surface area contributed by atoms with Crippen LogP contribution in [0.5, 0.6) is 0 Å². The Morgan fingerprint density at radius 3 is 1.15 bits per heavy atom. The number of fused-ring (bicyclic) bond motifs is 3. The Kier molecular flexibility index (Phi) is 3.40. The van der Waals surface area contributed by atoms with E-state index in [0.717, 1.165) is 11.1 Å². The first-order valence-electron chi connectivity index (χ1n) is 7.22. The van der Waals surface area contributed by atoms with E-state index >= 15 is 0 Å². The van der Waals surface area contributed by atoms with Crippen molar-refractivity contribution in [1.82, 2.24) is 0 Å². The summed E-state index contributed by atoms with van der Waals surface area (Å²) in [5.74, 6) is -0.318. The largest absolute Gasteiger partial charge is 0.298 e. The molecule has 0 spiro atoms. The van der Waals surface area contributed by atoms with Crippen molar-refractivity contribution in [3.8, 4) is 0 Å². The molecule has 1 aromatic carbocycles. The molecule has 0 fully saturated rings. The van der Waals surface area contributed by atoms with E-state index in [1.54, 1.807) is 0 Å². The third kappa shape index (κ3) is 2.44. The molecular weight excluding hydrogens is 248 g/mol. The maximum absolute atomic E-state index is 12.8. The van der Waals surface area contributed by atoms with Crippen LogP contribution >= 0.6 is 0 Å². The lowest BCUT2D eigenvalue weighted by molar-refractivity contribution is -0.135.